The van der Waals surface area contributed by atoms with Gasteiger partial charge < -0.3 is 10.2 Å². The van der Waals surface area contributed by atoms with Gasteiger partial charge in [-0.2, -0.15) is 0 Å². The number of nitro groups is 1. The van der Waals surface area contributed by atoms with Gasteiger partial charge in [-0.25, -0.2) is 0 Å². The van der Waals surface area contributed by atoms with Crippen LogP contribution in [0.2, 0.25) is 5.02 Å². The highest BCUT2D eigenvalue weighted by molar-refractivity contribution is 6.34. The summed E-state index contributed by atoms with van der Waals surface area (Å²) in [6.07, 6.45) is 1.79. The van der Waals surface area contributed by atoms with Crippen molar-refractivity contribution in [1.82, 2.24) is 10.2 Å². The summed E-state index contributed by atoms with van der Waals surface area (Å²) in [5.41, 5.74) is 0.189. The average molecular weight is 298 g/mol. The minimum atomic E-state index is -0.531. The van der Waals surface area contributed by atoms with Crippen molar-refractivity contribution < 1.29 is 9.72 Å². The molecule has 0 bridgehead atoms. The SMILES string of the molecule is CN(C(=O)c1ccc([N+](=O)[O-])cc1Cl)C1CCNCC1. The Hall–Kier alpha value is -1.66. The number of carbonyl (C=O) groups is 1. The van der Waals surface area contributed by atoms with Crippen molar-refractivity contribution in [1.29, 1.82) is 0 Å². The fourth-order valence-electron chi connectivity index (χ4n) is 2.34. The van der Waals surface area contributed by atoms with E-state index in [1.54, 1.807) is 11.9 Å². The van der Waals surface area contributed by atoms with Crippen molar-refractivity contribution in [2.75, 3.05) is 20.1 Å². The highest BCUT2D eigenvalue weighted by atomic mass is 35.5. The summed E-state index contributed by atoms with van der Waals surface area (Å²) >= 11 is 5.99. The molecule has 1 aliphatic heterocycles. The maximum absolute atomic E-state index is 12.4. The van der Waals surface area contributed by atoms with Crippen LogP contribution in [0.5, 0.6) is 0 Å². The van der Waals surface area contributed by atoms with Gasteiger partial charge >= 0.3 is 0 Å². The van der Waals surface area contributed by atoms with Crippen molar-refractivity contribution in [3.8, 4) is 0 Å². The van der Waals surface area contributed by atoms with Crippen molar-refractivity contribution in [3.63, 3.8) is 0 Å². The molecular weight excluding hydrogens is 282 g/mol. The highest BCUT2D eigenvalue weighted by Gasteiger charge is 2.25. The van der Waals surface area contributed by atoms with Crippen LogP contribution in [0.1, 0.15) is 23.2 Å². The molecule has 0 radical (unpaired) electrons. The molecule has 108 valence electrons. The fraction of sp³-hybridized carbons (Fsp3) is 0.462. The largest absolute Gasteiger partial charge is 0.339 e. The average Bonchev–Trinajstić information content (AvgIpc) is 2.46. The van der Waals surface area contributed by atoms with E-state index in [2.05, 4.69) is 5.32 Å². The van der Waals surface area contributed by atoms with Gasteiger partial charge in [-0.15, -0.1) is 0 Å². The second-order valence-corrected chi connectivity index (χ2v) is 5.23. The first kappa shape index (κ1) is 14.7. The Morgan fingerprint density at radius 3 is 2.65 bits per heavy atom. The van der Waals surface area contributed by atoms with Gasteiger partial charge in [0.15, 0.2) is 0 Å². The first-order valence-electron chi connectivity index (χ1n) is 6.42. The number of amides is 1. The normalized spacial score (nSPS) is 15.9. The second-order valence-electron chi connectivity index (χ2n) is 4.82. The number of nitro benzene ring substituents is 1. The second kappa shape index (κ2) is 6.19. The number of rotatable bonds is 3. The van der Waals surface area contributed by atoms with Crippen LogP contribution in [0.25, 0.3) is 0 Å². The number of hydrogen-bond acceptors (Lipinski definition) is 4. The van der Waals surface area contributed by atoms with Gasteiger partial charge in [0.1, 0.15) is 0 Å². The summed E-state index contributed by atoms with van der Waals surface area (Å²) in [5, 5.41) is 14.0. The van der Waals surface area contributed by atoms with E-state index in [1.165, 1.54) is 18.2 Å². The third-order valence-electron chi connectivity index (χ3n) is 3.57. The smallest absolute Gasteiger partial charge is 0.270 e. The summed E-state index contributed by atoms with van der Waals surface area (Å²) in [6, 6.07) is 4.11. The predicted octanol–water partition coefficient (Wildman–Crippen LogP) is 2.07. The zero-order valence-corrected chi connectivity index (χ0v) is 11.9. The summed E-state index contributed by atoms with van der Waals surface area (Å²) in [4.78, 5) is 24.2. The molecule has 0 atom stereocenters. The molecule has 7 heteroatoms. The number of hydrogen-bond donors (Lipinski definition) is 1. The molecule has 0 spiro atoms. The van der Waals surface area contributed by atoms with Crippen molar-refractivity contribution in [3.05, 3.63) is 38.9 Å². The Balaban J connectivity index is 2.17. The van der Waals surface area contributed by atoms with Crippen LogP contribution in [-0.2, 0) is 0 Å². The lowest BCUT2D eigenvalue weighted by Crippen LogP contribution is -2.44. The van der Waals surface area contributed by atoms with Gasteiger partial charge in [-0.05, 0) is 32.0 Å². The van der Waals surface area contributed by atoms with E-state index >= 15 is 0 Å². The molecule has 1 aliphatic rings. The molecule has 20 heavy (non-hydrogen) atoms. The quantitative estimate of drug-likeness (QED) is 0.684. The molecule has 1 amide bonds. The van der Waals surface area contributed by atoms with E-state index < -0.39 is 4.92 Å². The number of nitrogens with one attached hydrogen (secondary N) is 1. The van der Waals surface area contributed by atoms with E-state index in [0.717, 1.165) is 25.9 Å². The molecule has 0 unspecified atom stereocenters. The zero-order valence-electron chi connectivity index (χ0n) is 11.1. The Labute approximate surface area is 121 Å². The lowest BCUT2D eigenvalue weighted by atomic mass is 10.0. The minimum Gasteiger partial charge on any atom is -0.339 e. The van der Waals surface area contributed by atoms with Crippen LogP contribution in [-0.4, -0.2) is 41.9 Å². The number of benzene rings is 1. The van der Waals surface area contributed by atoms with Gasteiger partial charge in [0.05, 0.1) is 15.5 Å². The lowest BCUT2D eigenvalue weighted by Gasteiger charge is -2.31. The number of non-ortho nitro benzene ring substituents is 1. The van der Waals surface area contributed by atoms with E-state index in [9.17, 15) is 14.9 Å². The number of halogens is 1. The Bertz CT molecular complexity index is 530. The lowest BCUT2D eigenvalue weighted by molar-refractivity contribution is -0.384. The molecular formula is C13H16ClN3O3. The predicted molar refractivity (Wildman–Crippen MR) is 76.1 cm³/mol. The molecule has 1 aromatic rings. The molecule has 1 aromatic carbocycles. The van der Waals surface area contributed by atoms with Crippen LogP contribution >= 0.6 is 11.6 Å². The topological polar surface area (TPSA) is 75.5 Å². The summed E-state index contributed by atoms with van der Waals surface area (Å²) in [5.74, 6) is -0.197. The van der Waals surface area contributed by atoms with Crippen molar-refractivity contribution >= 4 is 23.2 Å². The maximum atomic E-state index is 12.4. The molecule has 2 rings (SSSR count). The van der Waals surface area contributed by atoms with Crippen LogP contribution in [0.15, 0.2) is 18.2 Å². The summed E-state index contributed by atoms with van der Waals surface area (Å²) in [7, 11) is 1.75. The third kappa shape index (κ3) is 3.08. The van der Waals surface area contributed by atoms with Gasteiger partial charge in [0.2, 0.25) is 0 Å². The highest BCUT2D eigenvalue weighted by Crippen LogP contribution is 2.24. The van der Waals surface area contributed by atoms with Gasteiger partial charge in [-0.1, -0.05) is 11.6 Å². The molecule has 1 saturated heterocycles. The van der Waals surface area contributed by atoms with Crippen molar-refractivity contribution in [2.24, 2.45) is 0 Å². The Kier molecular flexibility index (Phi) is 4.57. The number of carbonyl (C=O) groups excluding carboxylic acids is 1. The monoisotopic (exact) mass is 297 g/mol. The molecule has 0 aliphatic carbocycles. The summed E-state index contributed by atoms with van der Waals surface area (Å²) in [6.45, 7) is 1.77. The zero-order chi connectivity index (χ0) is 14.7. The minimum absolute atomic E-state index is 0.115. The van der Waals surface area contributed by atoms with Crippen LogP contribution in [0.3, 0.4) is 0 Å². The Morgan fingerprint density at radius 1 is 1.45 bits per heavy atom. The molecule has 0 saturated carbocycles. The van der Waals surface area contributed by atoms with E-state index in [1.807, 2.05) is 0 Å². The third-order valence-corrected chi connectivity index (χ3v) is 3.88. The van der Waals surface area contributed by atoms with Gasteiger partial charge in [0, 0.05) is 25.2 Å². The van der Waals surface area contributed by atoms with Crippen LogP contribution in [0, 0.1) is 10.1 Å². The van der Waals surface area contributed by atoms with Gasteiger partial charge in [0.25, 0.3) is 11.6 Å². The first-order valence-corrected chi connectivity index (χ1v) is 6.80. The van der Waals surface area contributed by atoms with Gasteiger partial charge in [-0.3, -0.25) is 14.9 Å². The Morgan fingerprint density at radius 2 is 2.10 bits per heavy atom. The molecule has 6 nitrogen and oxygen atoms in total. The van der Waals surface area contributed by atoms with Crippen molar-refractivity contribution in [2.45, 2.75) is 18.9 Å². The van der Waals surface area contributed by atoms with Crippen LogP contribution < -0.4 is 5.32 Å². The molecule has 0 aromatic heterocycles. The van der Waals surface area contributed by atoms with Crippen LogP contribution in [0.4, 0.5) is 5.69 Å². The van der Waals surface area contributed by atoms with E-state index in [-0.39, 0.29) is 22.7 Å². The first-order chi connectivity index (χ1) is 9.50. The molecule has 1 fully saturated rings. The standard InChI is InChI=1S/C13H16ClN3O3/c1-16(9-4-6-15-7-5-9)13(18)11-3-2-10(17(19)20)8-12(11)14/h2-3,8-9,15H,4-7H2,1H3. The number of nitrogens with zero attached hydrogens (tertiary/aromatic N) is 2. The summed E-state index contributed by atoms with van der Waals surface area (Å²) < 4.78 is 0. The van der Waals surface area contributed by atoms with E-state index in [0.29, 0.717) is 5.56 Å². The van der Waals surface area contributed by atoms with E-state index in [4.69, 9.17) is 11.6 Å². The molecule has 1 heterocycles. The number of piperidine rings is 1. The maximum Gasteiger partial charge on any atom is 0.270 e. The fourth-order valence-corrected chi connectivity index (χ4v) is 2.60. The molecule has 1 N–H and O–H groups in total.